The minimum atomic E-state index is -5.75. The van der Waals surface area contributed by atoms with Crippen molar-refractivity contribution in [2.75, 3.05) is 32.7 Å². The van der Waals surface area contributed by atoms with E-state index in [1.165, 1.54) is 0 Å². The van der Waals surface area contributed by atoms with Gasteiger partial charge in [0.05, 0.1) is 0 Å². The monoisotopic (exact) mass is 541 g/mol. The number of hydrogen-bond acceptors (Lipinski definition) is 5. The minimum absolute atomic E-state index is 0.107. The molecule has 3 aliphatic rings. The van der Waals surface area contributed by atoms with Crippen LogP contribution >= 0.6 is 11.6 Å². The molecule has 1 aromatic rings. The Bertz CT molecular complexity index is 921. The van der Waals surface area contributed by atoms with Gasteiger partial charge in [-0.2, -0.15) is 26.3 Å². The van der Waals surface area contributed by atoms with Crippen LogP contribution in [0.2, 0.25) is 5.02 Å². The van der Waals surface area contributed by atoms with Crippen LogP contribution in [0.3, 0.4) is 0 Å². The van der Waals surface area contributed by atoms with Crippen LogP contribution in [0.1, 0.15) is 49.1 Å². The number of nitrogens with one attached hydrogen (secondary N) is 2. The first-order valence-corrected chi connectivity index (χ1v) is 12.5. The highest BCUT2D eigenvalue weighted by molar-refractivity contribution is 6.30. The molecular formula is C24H30ClF6N3O2. The van der Waals surface area contributed by atoms with Gasteiger partial charge in [-0.15, -0.1) is 0 Å². The average Bonchev–Trinajstić information content (AvgIpc) is 3.20. The van der Waals surface area contributed by atoms with Gasteiger partial charge in [0.2, 0.25) is 0 Å². The molecule has 0 amide bonds. The fourth-order valence-electron chi connectivity index (χ4n) is 5.87. The topological polar surface area (TPSA) is 53.6 Å². The maximum atomic E-state index is 13.0. The van der Waals surface area contributed by atoms with E-state index in [2.05, 4.69) is 15.4 Å². The lowest BCUT2D eigenvalue weighted by molar-refractivity contribution is -0.314. The second kappa shape index (κ2) is 10.7. The number of carbonyl (C=O) groups excluding carboxylic acids is 1. The normalized spacial score (nSPS) is 25.4. The number of rotatable bonds is 5. The van der Waals surface area contributed by atoms with Gasteiger partial charge in [-0.05, 0) is 79.8 Å². The summed E-state index contributed by atoms with van der Waals surface area (Å²) < 4.78 is 81.8. The van der Waals surface area contributed by atoms with Crippen molar-refractivity contribution in [2.24, 2.45) is 5.41 Å². The molecule has 3 fully saturated rings. The number of alkyl halides is 6. The maximum Gasteiger partial charge on any atom is 0.434 e. The summed E-state index contributed by atoms with van der Waals surface area (Å²) >= 11 is 6.32. The molecule has 0 aromatic heterocycles. The molecule has 1 aromatic carbocycles. The van der Waals surface area contributed by atoms with Gasteiger partial charge >= 0.3 is 18.3 Å². The van der Waals surface area contributed by atoms with E-state index in [-0.39, 0.29) is 31.0 Å². The van der Waals surface area contributed by atoms with Crippen molar-refractivity contribution in [2.45, 2.75) is 69.1 Å². The Balaban J connectivity index is 1.52. The molecule has 0 radical (unpaired) electrons. The lowest BCUT2D eigenvalue weighted by Crippen LogP contribution is -2.57. The van der Waals surface area contributed by atoms with Gasteiger partial charge in [0, 0.05) is 31.2 Å². The van der Waals surface area contributed by atoms with E-state index in [9.17, 15) is 31.1 Å². The minimum Gasteiger partial charge on any atom is -0.442 e. The summed E-state index contributed by atoms with van der Waals surface area (Å²) in [4.78, 5) is 14.2. The largest absolute Gasteiger partial charge is 0.442 e. The zero-order valence-electron chi connectivity index (χ0n) is 19.7. The first-order chi connectivity index (χ1) is 16.9. The summed E-state index contributed by atoms with van der Waals surface area (Å²) in [6, 6.07) is 4.17. The molecule has 1 saturated carbocycles. The van der Waals surface area contributed by atoms with Crippen LogP contribution in [0.5, 0.6) is 0 Å². The molecule has 4 rings (SSSR count). The van der Waals surface area contributed by atoms with Crippen molar-refractivity contribution < 1.29 is 35.9 Å². The number of esters is 1. The molecule has 12 heteroatoms. The molecule has 2 atom stereocenters. The third-order valence-corrected chi connectivity index (χ3v) is 7.98. The number of piperazine rings is 1. The van der Waals surface area contributed by atoms with Gasteiger partial charge in [-0.25, -0.2) is 0 Å². The highest BCUT2D eigenvalue weighted by Crippen LogP contribution is 2.52. The van der Waals surface area contributed by atoms with E-state index in [1.807, 2.05) is 12.1 Å². The molecule has 36 heavy (non-hydrogen) atoms. The molecule has 202 valence electrons. The van der Waals surface area contributed by atoms with Crippen LogP contribution in [0.25, 0.3) is 0 Å². The molecule has 0 bridgehead atoms. The first kappa shape index (κ1) is 27.5. The van der Waals surface area contributed by atoms with Gasteiger partial charge in [0.15, 0.2) is 0 Å². The lowest BCUT2D eigenvalue weighted by Gasteiger charge is -2.36. The molecule has 2 heterocycles. The summed E-state index contributed by atoms with van der Waals surface area (Å²) in [5.74, 6) is -1.29. The number of piperidine rings is 1. The average molecular weight is 542 g/mol. The second-order valence-corrected chi connectivity index (χ2v) is 10.6. The maximum absolute atomic E-state index is 13.0. The van der Waals surface area contributed by atoms with Crippen molar-refractivity contribution in [3.8, 4) is 0 Å². The zero-order chi connectivity index (χ0) is 26.1. The van der Waals surface area contributed by atoms with E-state index >= 15 is 0 Å². The Morgan fingerprint density at radius 1 is 1.08 bits per heavy atom. The standard InChI is InChI=1S/C24H30ClF6N3O2/c25-17-2-1-16(18(11-17)15-3-4-22(12-15)5-7-32-8-6-22)14-34-10-9-33-13-19(34)20(35)36-21(23(26,27)28)24(29,30)31/h1-2,11,15,19,21,32-33H,3-10,12-14H2. The van der Waals surface area contributed by atoms with E-state index in [0.717, 1.165) is 56.3 Å². The Morgan fingerprint density at radius 3 is 2.44 bits per heavy atom. The molecule has 2 N–H and O–H groups in total. The Morgan fingerprint density at radius 2 is 1.78 bits per heavy atom. The molecular weight excluding hydrogens is 512 g/mol. The molecule has 2 saturated heterocycles. The zero-order valence-corrected chi connectivity index (χ0v) is 20.4. The first-order valence-electron chi connectivity index (χ1n) is 12.2. The number of halogens is 7. The van der Waals surface area contributed by atoms with Gasteiger partial charge in [0.1, 0.15) is 6.04 Å². The fourth-order valence-corrected chi connectivity index (χ4v) is 6.06. The molecule has 5 nitrogen and oxygen atoms in total. The van der Waals surface area contributed by atoms with Crippen LogP contribution in [0.15, 0.2) is 18.2 Å². The molecule has 2 unspecified atom stereocenters. The molecule has 2 aliphatic heterocycles. The third-order valence-electron chi connectivity index (χ3n) is 7.74. The van der Waals surface area contributed by atoms with Crippen LogP contribution in [0, 0.1) is 5.41 Å². The van der Waals surface area contributed by atoms with E-state index in [4.69, 9.17) is 11.6 Å². The summed E-state index contributed by atoms with van der Waals surface area (Å²) in [6.45, 7) is 2.76. The smallest absolute Gasteiger partial charge is 0.434 e. The predicted molar refractivity (Wildman–Crippen MR) is 122 cm³/mol. The van der Waals surface area contributed by atoms with E-state index in [1.54, 1.807) is 11.0 Å². The quantitative estimate of drug-likeness (QED) is 0.415. The lowest BCUT2D eigenvalue weighted by atomic mass is 9.76. The van der Waals surface area contributed by atoms with Crippen molar-refractivity contribution >= 4 is 17.6 Å². The van der Waals surface area contributed by atoms with Crippen LogP contribution < -0.4 is 10.6 Å². The SMILES string of the molecule is O=C(OC(C(F)(F)F)C(F)(F)F)C1CNCCN1Cc1ccc(Cl)cc1C1CCC2(CCNCC2)C1. The molecule has 1 spiro atoms. The van der Waals surface area contributed by atoms with Crippen molar-refractivity contribution in [1.82, 2.24) is 15.5 Å². The molecule has 1 aliphatic carbocycles. The second-order valence-electron chi connectivity index (χ2n) is 10.1. The van der Waals surface area contributed by atoms with Crippen molar-refractivity contribution in [1.29, 1.82) is 0 Å². The van der Waals surface area contributed by atoms with Crippen molar-refractivity contribution in [3.05, 3.63) is 34.3 Å². The number of benzene rings is 1. The Kier molecular flexibility index (Phi) is 8.14. The summed E-state index contributed by atoms with van der Waals surface area (Å²) in [5.41, 5.74) is 2.19. The number of carbonyl (C=O) groups is 1. The highest BCUT2D eigenvalue weighted by atomic mass is 35.5. The Labute approximate surface area is 210 Å². The van der Waals surface area contributed by atoms with Crippen molar-refractivity contribution in [3.63, 3.8) is 0 Å². The van der Waals surface area contributed by atoms with E-state index < -0.39 is 30.5 Å². The van der Waals surface area contributed by atoms with Gasteiger partial charge < -0.3 is 15.4 Å². The highest BCUT2D eigenvalue weighted by Gasteiger charge is 2.60. The van der Waals surface area contributed by atoms with Gasteiger partial charge in [-0.1, -0.05) is 17.7 Å². The van der Waals surface area contributed by atoms with Crippen LogP contribution in [-0.2, 0) is 16.1 Å². The summed E-state index contributed by atoms with van der Waals surface area (Å²) in [5, 5.41) is 6.83. The summed E-state index contributed by atoms with van der Waals surface area (Å²) in [7, 11) is 0. The number of hydrogen-bond donors (Lipinski definition) is 2. The number of nitrogens with zero attached hydrogens (tertiary/aromatic N) is 1. The van der Waals surface area contributed by atoms with Gasteiger partial charge in [0.25, 0.3) is 6.10 Å². The summed E-state index contributed by atoms with van der Waals surface area (Å²) in [6.07, 6.45) is -10.4. The van der Waals surface area contributed by atoms with Gasteiger partial charge in [-0.3, -0.25) is 9.69 Å². The van der Waals surface area contributed by atoms with Crippen LogP contribution in [-0.4, -0.2) is 68.1 Å². The number of ether oxygens (including phenoxy) is 1. The third kappa shape index (κ3) is 6.28. The fraction of sp³-hybridized carbons (Fsp3) is 0.708. The van der Waals surface area contributed by atoms with E-state index in [0.29, 0.717) is 11.6 Å². The Hall–Kier alpha value is -1.56. The predicted octanol–water partition coefficient (Wildman–Crippen LogP) is 4.79. The van der Waals surface area contributed by atoms with Crippen LogP contribution in [0.4, 0.5) is 26.3 Å².